The molecule has 1 atom stereocenters. The number of phenolic OH excluding ortho intramolecular Hbond substituents is 1. The number of hydrogen-bond donors (Lipinski definition) is 2. The molecule has 36 heavy (non-hydrogen) atoms. The molecule has 0 spiro atoms. The summed E-state index contributed by atoms with van der Waals surface area (Å²) in [7, 11) is -4.33. The molecule has 4 rings (SSSR count). The molecule has 0 saturated heterocycles. The summed E-state index contributed by atoms with van der Waals surface area (Å²) in [5.74, 6) is -0.984. The normalized spacial score (nSPS) is 13.9. The molecule has 0 saturated carbocycles. The summed E-state index contributed by atoms with van der Waals surface area (Å²) in [4.78, 5) is 20.1. The van der Waals surface area contributed by atoms with Crippen molar-refractivity contribution >= 4 is 37.3 Å². The van der Waals surface area contributed by atoms with Crippen LogP contribution in [0, 0.1) is 0 Å². The molecule has 2 aromatic carbocycles. The average Bonchev–Trinajstić information content (AvgIpc) is 3.24. The van der Waals surface area contributed by atoms with Crippen LogP contribution in [0.25, 0.3) is 10.2 Å². The van der Waals surface area contributed by atoms with Gasteiger partial charge < -0.3 is 10.4 Å². The fourth-order valence-corrected chi connectivity index (χ4v) is 6.43. The highest BCUT2D eigenvalue weighted by Crippen LogP contribution is 2.34. The Hall–Kier alpha value is -3.51. The summed E-state index contributed by atoms with van der Waals surface area (Å²) in [6, 6.07) is 14.5. The third kappa shape index (κ3) is 5.05. The van der Waals surface area contributed by atoms with Crippen LogP contribution >= 0.6 is 11.3 Å². The zero-order valence-corrected chi connectivity index (χ0v) is 20.4. The Labute approximate surface area is 208 Å². The Bertz CT molecular complexity index is 1490. The van der Waals surface area contributed by atoms with E-state index in [9.17, 15) is 31.5 Å². The summed E-state index contributed by atoms with van der Waals surface area (Å²) in [6.45, 7) is 0.983. The van der Waals surface area contributed by atoms with Gasteiger partial charge in [-0.15, -0.1) is 11.3 Å². The van der Waals surface area contributed by atoms with Crippen molar-refractivity contribution in [1.29, 1.82) is 0 Å². The van der Waals surface area contributed by atoms with Crippen molar-refractivity contribution in [3.8, 4) is 5.75 Å². The zero-order valence-electron chi connectivity index (χ0n) is 18.8. The van der Waals surface area contributed by atoms with E-state index in [0.717, 1.165) is 10.8 Å². The molecular formula is C24H20F3N3O4S2. The number of aromatic hydroxyl groups is 1. The van der Waals surface area contributed by atoms with Crippen molar-refractivity contribution < 1.29 is 31.5 Å². The average molecular weight is 536 g/mol. The van der Waals surface area contributed by atoms with Crippen molar-refractivity contribution in [3.05, 3.63) is 83.1 Å². The molecule has 12 heteroatoms. The number of carbonyl (C=O) groups is 1. The second kappa shape index (κ2) is 9.51. The fraction of sp³-hybridized carbons (Fsp3) is 0.208. The minimum atomic E-state index is -4.72. The summed E-state index contributed by atoms with van der Waals surface area (Å²) >= 11 is 1.28. The number of amides is 1. The third-order valence-corrected chi connectivity index (χ3v) is 9.11. The molecule has 7 nitrogen and oxygen atoms in total. The van der Waals surface area contributed by atoms with Crippen LogP contribution in [0.2, 0.25) is 0 Å². The van der Waals surface area contributed by atoms with Gasteiger partial charge >= 0.3 is 6.18 Å². The molecule has 1 unspecified atom stereocenters. The van der Waals surface area contributed by atoms with Crippen molar-refractivity contribution in [2.24, 2.45) is 0 Å². The van der Waals surface area contributed by atoms with Crippen LogP contribution in [0.1, 0.15) is 28.0 Å². The number of nitrogens with one attached hydrogen (secondary N) is 1. The van der Waals surface area contributed by atoms with Gasteiger partial charge in [0.05, 0.1) is 30.4 Å². The number of hydrogen-bond acceptors (Lipinski definition) is 7. The number of rotatable bonds is 7. The number of para-hydroxylation sites is 2. The first kappa shape index (κ1) is 25.6. The number of thiazole rings is 1. The molecule has 188 valence electrons. The first-order chi connectivity index (χ1) is 16.9. The lowest BCUT2D eigenvalue weighted by molar-refractivity contribution is -0.141. The van der Waals surface area contributed by atoms with Gasteiger partial charge in [-0.1, -0.05) is 24.3 Å². The number of alkyl halides is 3. The minimum absolute atomic E-state index is 0.0477. The Balaban J connectivity index is 1.70. The van der Waals surface area contributed by atoms with E-state index in [4.69, 9.17) is 0 Å². The summed E-state index contributed by atoms with van der Waals surface area (Å²) < 4.78 is 65.4. The second-order valence-electron chi connectivity index (χ2n) is 8.28. The highest BCUT2D eigenvalue weighted by molar-refractivity contribution is 7.92. The largest absolute Gasteiger partial charge is 0.507 e. The van der Waals surface area contributed by atoms with E-state index in [1.807, 2.05) is 12.1 Å². The van der Waals surface area contributed by atoms with E-state index in [1.165, 1.54) is 36.5 Å². The SMILES string of the molecule is CC(CNC(=O)c1ccccc1O)(Cc1nc2ccccc2s1)S(=O)(=O)c1ccc(C(F)(F)F)nc1. The van der Waals surface area contributed by atoms with Gasteiger partial charge in [0.15, 0.2) is 9.84 Å². The maximum Gasteiger partial charge on any atom is 0.433 e. The minimum Gasteiger partial charge on any atom is -0.507 e. The number of carbonyl (C=O) groups excluding carboxylic acids is 1. The Morgan fingerprint density at radius 3 is 2.39 bits per heavy atom. The maximum absolute atomic E-state index is 13.7. The molecule has 0 fully saturated rings. The molecule has 0 aliphatic carbocycles. The first-order valence-corrected chi connectivity index (χ1v) is 12.9. The molecule has 2 aromatic heterocycles. The number of aromatic nitrogens is 2. The van der Waals surface area contributed by atoms with E-state index >= 15 is 0 Å². The lowest BCUT2D eigenvalue weighted by atomic mass is 10.1. The molecular weight excluding hydrogens is 515 g/mol. The van der Waals surface area contributed by atoms with Crippen LogP contribution in [0.3, 0.4) is 0 Å². The van der Waals surface area contributed by atoms with Gasteiger partial charge in [-0.2, -0.15) is 13.2 Å². The van der Waals surface area contributed by atoms with Gasteiger partial charge in [0.25, 0.3) is 5.91 Å². The molecule has 2 heterocycles. The van der Waals surface area contributed by atoms with Crippen LogP contribution < -0.4 is 5.32 Å². The van der Waals surface area contributed by atoms with E-state index in [1.54, 1.807) is 18.2 Å². The summed E-state index contributed by atoms with van der Waals surface area (Å²) in [5, 5.41) is 13.0. The van der Waals surface area contributed by atoms with Gasteiger partial charge in [0.2, 0.25) is 0 Å². The Morgan fingerprint density at radius 1 is 1.06 bits per heavy atom. The van der Waals surface area contributed by atoms with Crippen LogP contribution in [0.4, 0.5) is 13.2 Å². The highest BCUT2D eigenvalue weighted by Gasteiger charge is 2.43. The molecule has 0 aliphatic heterocycles. The van der Waals surface area contributed by atoms with Crippen LogP contribution in [-0.2, 0) is 22.4 Å². The van der Waals surface area contributed by atoms with Crippen LogP contribution in [0.15, 0.2) is 71.8 Å². The van der Waals surface area contributed by atoms with Crippen LogP contribution in [-0.4, -0.2) is 40.7 Å². The lowest BCUT2D eigenvalue weighted by Crippen LogP contribution is -2.48. The standard InChI is InChI=1S/C24H20F3N3O4S2/c1-23(12-21-30-17-7-3-5-9-19(17)35-21,14-29-22(32)16-6-2-4-8-18(16)31)36(33,34)15-10-11-20(28-13-15)24(25,26)27/h2-11,13,31H,12,14H2,1H3,(H,29,32). The molecule has 0 radical (unpaired) electrons. The third-order valence-electron chi connectivity index (χ3n) is 5.62. The Morgan fingerprint density at radius 2 is 1.75 bits per heavy atom. The number of sulfone groups is 1. The molecule has 4 aromatic rings. The number of halogens is 3. The monoisotopic (exact) mass is 535 g/mol. The molecule has 0 bridgehead atoms. The van der Waals surface area contributed by atoms with Gasteiger partial charge in [0.1, 0.15) is 11.4 Å². The summed E-state index contributed by atoms with van der Waals surface area (Å²) in [6.07, 6.45) is -4.19. The number of phenols is 1. The smallest absolute Gasteiger partial charge is 0.433 e. The molecule has 0 aliphatic rings. The second-order valence-corrected chi connectivity index (χ2v) is 11.9. The molecule has 2 N–H and O–H groups in total. The Kier molecular flexibility index (Phi) is 6.76. The van der Waals surface area contributed by atoms with E-state index in [0.29, 0.717) is 22.8 Å². The summed E-state index contributed by atoms with van der Waals surface area (Å²) in [5.41, 5.74) is -0.595. The number of benzene rings is 2. The predicted molar refractivity (Wildman–Crippen MR) is 129 cm³/mol. The maximum atomic E-state index is 13.7. The van der Waals surface area contributed by atoms with Gasteiger partial charge in [-0.25, -0.2) is 13.4 Å². The van der Waals surface area contributed by atoms with Crippen molar-refractivity contribution in [2.45, 2.75) is 29.2 Å². The van der Waals surface area contributed by atoms with Crippen LogP contribution in [0.5, 0.6) is 5.75 Å². The van der Waals surface area contributed by atoms with Gasteiger partial charge in [-0.3, -0.25) is 9.78 Å². The zero-order chi connectivity index (χ0) is 26.1. The number of fused-ring (bicyclic) bond motifs is 1. The molecule has 1 amide bonds. The predicted octanol–water partition coefficient (Wildman–Crippen LogP) is 4.62. The number of pyridine rings is 1. The topological polar surface area (TPSA) is 109 Å². The quantitative estimate of drug-likeness (QED) is 0.358. The lowest BCUT2D eigenvalue weighted by Gasteiger charge is -2.29. The fourth-order valence-electron chi connectivity index (χ4n) is 3.59. The first-order valence-electron chi connectivity index (χ1n) is 10.6. The van der Waals surface area contributed by atoms with E-state index in [-0.39, 0.29) is 17.7 Å². The van der Waals surface area contributed by atoms with Crippen molar-refractivity contribution in [1.82, 2.24) is 15.3 Å². The van der Waals surface area contributed by atoms with Crippen molar-refractivity contribution in [2.75, 3.05) is 6.54 Å². The van der Waals surface area contributed by atoms with Crippen molar-refractivity contribution in [3.63, 3.8) is 0 Å². The van der Waals surface area contributed by atoms with Gasteiger partial charge in [0, 0.05) is 19.2 Å². The highest BCUT2D eigenvalue weighted by atomic mass is 32.2. The van der Waals surface area contributed by atoms with E-state index in [2.05, 4.69) is 15.3 Å². The van der Waals surface area contributed by atoms with Gasteiger partial charge in [-0.05, 0) is 43.3 Å². The van der Waals surface area contributed by atoms with E-state index < -0.39 is 43.8 Å². The number of nitrogens with zero attached hydrogens (tertiary/aromatic N) is 2.